The third kappa shape index (κ3) is 8.33. The molecule has 0 aliphatic heterocycles. The third-order valence-corrected chi connectivity index (χ3v) is 2.84. The predicted molar refractivity (Wildman–Crippen MR) is 61.6 cm³/mol. The number of hydrogen-bond donors (Lipinski definition) is 2. The van der Waals surface area contributed by atoms with Gasteiger partial charge in [0.1, 0.15) is 0 Å². The first-order chi connectivity index (χ1) is 6.30. The summed E-state index contributed by atoms with van der Waals surface area (Å²) < 4.78 is 0. The van der Waals surface area contributed by atoms with Gasteiger partial charge in [0.05, 0.1) is 0 Å². The molecule has 1 unspecified atom stereocenters. The van der Waals surface area contributed by atoms with Gasteiger partial charge in [0, 0.05) is 0 Å². The Hall–Kier alpha value is 0.504. The first kappa shape index (κ1) is 17.9. The minimum atomic E-state index is -1.11. The molecule has 0 heterocycles. The normalized spacial score (nSPS) is 23.2. The van der Waals surface area contributed by atoms with Gasteiger partial charge in [-0.15, -0.1) is 5.82 Å². The van der Waals surface area contributed by atoms with Crippen molar-refractivity contribution in [1.82, 2.24) is 0 Å². The Morgan fingerprint density at radius 1 is 0.933 bits per heavy atom. The minimum absolute atomic E-state index is 0. The van der Waals surface area contributed by atoms with Crippen LogP contribution in [0.2, 0.25) is 5.82 Å². The molecule has 0 aromatic rings. The van der Waals surface area contributed by atoms with Crippen molar-refractivity contribution in [2.45, 2.75) is 57.2 Å². The van der Waals surface area contributed by atoms with Gasteiger partial charge in [-0.3, -0.25) is 0 Å². The molecule has 2 nitrogen and oxygen atoms in total. The summed E-state index contributed by atoms with van der Waals surface area (Å²) in [6, 6.07) is 0. The molecule has 1 atom stereocenters. The van der Waals surface area contributed by atoms with Crippen LogP contribution < -0.4 is 0 Å². The van der Waals surface area contributed by atoms with Crippen LogP contribution >= 0.6 is 0 Å². The SMILES string of the molecule is C1CCCC1.OB(O)C1[CH-]CCC1.[CH3-].[Fe+2]. The van der Waals surface area contributed by atoms with Crippen molar-refractivity contribution < 1.29 is 27.1 Å². The Kier molecular flexibility index (Phi) is 13.1. The molecular formula is C11H23BFeO2. The second-order valence-electron chi connectivity index (χ2n) is 4.01. The monoisotopic (exact) mass is 254 g/mol. The molecule has 2 aliphatic rings. The first-order valence-corrected chi connectivity index (χ1v) is 5.50. The van der Waals surface area contributed by atoms with Crippen LogP contribution in [0, 0.1) is 13.8 Å². The zero-order valence-electron chi connectivity index (χ0n) is 9.64. The molecule has 0 amide bonds. The summed E-state index contributed by atoms with van der Waals surface area (Å²) in [7, 11) is -1.11. The summed E-state index contributed by atoms with van der Waals surface area (Å²) >= 11 is 0. The second kappa shape index (κ2) is 11.0. The van der Waals surface area contributed by atoms with Gasteiger partial charge in [0.15, 0.2) is 0 Å². The van der Waals surface area contributed by atoms with E-state index in [1.54, 1.807) is 0 Å². The molecular weight excluding hydrogens is 231 g/mol. The van der Waals surface area contributed by atoms with Gasteiger partial charge in [0.25, 0.3) is 0 Å². The van der Waals surface area contributed by atoms with Crippen molar-refractivity contribution in [3.63, 3.8) is 0 Å². The minimum Gasteiger partial charge on any atom is -0.429 e. The maximum atomic E-state index is 8.58. The van der Waals surface area contributed by atoms with Crippen molar-refractivity contribution in [2.75, 3.05) is 0 Å². The van der Waals surface area contributed by atoms with Gasteiger partial charge in [-0.05, 0) is 0 Å². The molecule has 2 aliphatic carbocycles. The Morgan fingerprint density at radius 2 is 1.40 bits per heavy atom. The number of rotatable bonds is 1. The standard InChI is InChI=1S/C5H10BO2.C5H10.CH3.Fe/c7-6(8)5-3-1-2-4-5;1-2-4-5-3-1;;/h3,5,7-8H,1-2,4H2;1-5H2;1H3;/q-1;;-1;+2. The van der Waals surface area contributed by atoms with Gasteiger partial charge in [-0.25, -0.2) is 0 Å². The van der Waals surface area contributed by atoms with Gasteiger partial charge < -0.3 is 23.9 Å². The molecule has 0 spiro atoms. The van der Waals surface area contributed by atoms with E-state index in [0.29, 0.717) is 0 Å². The third-order valence-electron chi connectivity index (χ3n) is 2.84. The molecule has 0 radical (unpaired) electrons. The van der Waals surface area contributed by atoms with E-state index in [-0.39, 0.29) is 30.3 Å². The van der Waals surface area contributed by atoms with Gasteiger partial charge >= 0.3 is 24.2 Å². The summed E-state index contributed by atoms with van der Waals surface area (Å²) in [5.74, 6) is 0.0509. The average Bonchev–Trinajstić information content (AvgIpc) is 2.82. The number of hydrogen-bond acceptors (Lipinski definition) is 2. The zero-order chi connectivity index (χ0) is 9.52. The van der Waals surface area contributed by atoms with Crippen molar-refractivity contribution in [3.8, 4) is 0 Å². The smallest absolute Gasteiger partial charge is 0.429 e. The van der Waals surface area contributed by atoms with E-state index in [9.17, 15) is 0 Å². The fraction of sp³-hybridized carbons (Fsp3) is 0.818. The molecule has 2 N–H and O–H groups in total. The van der Waals surface area contributed by atoms with Crippen LogP contribution in [-0.4, -0.2) is 17.2 Å². The largest absolute Gasteiger partial charge is 2.00 e. The Labute approximate surface area is 105 Å². The van der Waals surface area contributed by atoms with Crippen LogP contribution in [-0.2, 0) is 17.1 Å². The van der Waals surface area contributed by atoms with Gasteiger partial charge in [-0.1, -0.05) is 44.9 Å². The molecule has 90 valence electrons. The van der Waals surface area contributed by atoms with E-state index < -0.39 is 7.12 Å². The molecule has 15 heavy (non-hydrogen) atoms. The van der Waals surface area contributed by atoms with Crippen LogP contribution in [0.15, 0.2) is 0 Å². The van der Waals surface area contributed by atoms with Crippen molar-refractivity contribution in [2.24, 2.45) is 0 Å². The molecule has 2 saturated carbocycles. The van der Waals surface area contributed by atoms with E-state index in [1.165, 1.54) is 32.1 Å². The summed E-state index contributed by atoms with van der Waals surface area (Å²) in [5.41, 5.74) is 0. The summed E-state index contributed by atoms with van der Waals surface area (Å²) in [6.07, 6.45) is 12.6. The van der Waals surface area contributed by atoms with Gasteiger partial charge in [0.2, 0.25) is 0 Å². The summed E-state index contributed by atoms with van der Waals surface area (Å²) in [6.45, 7) is 0. The molecule has 0 aromatic heterocycles. The molecule has 2 rings (SSSR count). The maximum absolute atomic E-state index is 8.58. The van der Waals surface area contributed by atoms with Gasteiger partial charge in [-0.2, -0.15) is 6.42 Å². The van der Waals surface area contributed by atoms with Crippen molar-refractivity contribution >= 4 is 7.12 Å². The van der Waals surface area contributed by atoms with E-state index in [2.05, 4.69) is 0 Å². The Bertz CT molecular complexity index is 116. The average molecular weight is 254 g/mol. The fourth-order valence-corrected chi connectivity index (χ4v) is 1.96. The Balaban J connectivity index is 0. The van der Waals surface area contributed by atoms with E-state index in [4.69, 9.17) is 10.0 Å². The Morgan fingerprint density at radius 3 is 1.60 bits per heavy atom. The fourth-order valence-electron chi connectivity index (χ4n) is 1.96. The predicted octanol–water partition coefficient (Wildman–Crippen LogP) is 2.62. The maximum Gasteiger partial charge on any atom is 2.00 e. The molecule has 4 heteroatoms. The molecule has 0 bridgehead atoms. The van der Waals surface area contributed by atoms with Crippen LogP contribution in [0.25, 0.3) is 0 Å². The molecule has 0 aromatic carbocycles. The van der Waals surface area contributed by atoms with E-state index >= 15 is 0 Å². The first-order valence-electron chi connectivity index (χ1n) is 5.50. The topological polar surface area (TPSA) is 40.5 Å². The van der Waals surface area contributed by atoms with Crippen molar-refractivity contribution in [3.05, 3.63) is 13.8 Å². The summed E-state index contributed by atoms with van der Waals surface area (Å²) in [4.78, 5) is 0. The van der Waals surface area contributed by atoms with Crippen LogP contribution in [0.5, 0.6) is 0 Å². The van der Waals surface area contributed by atoms with Crippen molar-refractivity contribution in [1.29, 1.82) is 0 Å². The molecule has 2 fully saturated rings. The van der Waals surface area contributed by atoms with E-state index in [0.717, 1.165) is 19.3 Å². The summed E-state index contributed by atoms with van der Waals surface area (Å²) in [5, 5.41) is 17.2. The van der Waals surface area contributed by atoms with Crippen LogP contribution in [0.3, 0.4) is 0 Å². The quantitative estimate of drug-likeness (QED) is 0.557. The second-order valence-corrected chi connectivity index (χ2v) is 4.01. The zero-order valence-corrected chi connectivity index (χ0v) is 10.7. The van der Waals surface area contributed by atoms with Crippen LogP contribution in [0.4, 0.5) is 0 Å². The van der Waals surface area contributed by atoms with Crippen LogP contribution in [0.1, 0.15) is 51.4 Å². The van der Waals surface area contributed by atoms with E-state index in [1.807, 2.05) is 6.42 Å². The molecule has 0 saturated heterocycles.